The van der Waals surface area contributed by atoms with E-state index in [1.54, 1.807) is 29.2 Å². The molecule has 0 unspecified atom stereocenters. The van der Waals surface area contributed by atoms with Gasteiger partial charge in [0.2, 0.25) is 11.9 Å². The molecule has 35 heavy (non-hydrogen) atoms. The van der Waals surface area contributed by atoms with Crippen molar-refractivity contribution in [2.75, 3.05) is 42.1 Å². The molecule has 1 N–H and O–H groups in total. The molecule has 2 aromatic carbocycles. The van der Waals surface area contributed by atoms with Crippen molar-refractivity contribution in [1.82, 2.24) is 19.7 Å². The van der Waals surface area contributed by atoms with E-state index in [1.165, 1.54) is 18.2 Å². The van der Waals surface area contributed by atoms with Gasteiger partial charge in [0.1, 0.15) is 0 Å². The van der Waals surface area contributed by atoms with Gasteiger partial charge in [-0.2, -0.15) is 0 Å². The maximum Gasteiger partial charge on any atom is 0.253 e. The fourth-order valence-electron chi connectivity index (χ4n) is 4.21. The minimum absolute atomic E-state index is 0.0401. The summed E-state index contributed by atoms with van der Waals surface area (Å²) >= 11 is 1.35. The monoisotopic (exact) mass is 492 g/mol. The summed E-state index contributed by atoms with van der Waals surface area (Å²) in [5, 5.41) is 12.5. The third kappa shape index (κ3) is 6.03. The lowest BCUT2D eigenvalue weighted by atomic mass is 10.1. The molecule has 0 atom stereocenters. The number of benzene rings is 2. The largest absolute Gasteiger partial charge is 0.341 e. The average molecular weight is 493 g/mol. The lowest BCUT2D eigenvalue weighted by Crippen LogP contribution is -2.31. The van der Waals surface area contributed by atoms with Gasteiger partial charge in [-0.1, -0.05) is 36.0 Å². The van der Waals surface area contributed by atoms with E-state index in [0.29, 0.717) is 29.5 Å². The molecule has 0 aliphatic carbocycles. The van der Waals surface area contributed by atoms with Crippen LogP contribution in [-0.4, -0.2) is 63.4 Å². The Morgan fingerprint density at radius 2 is 1.71 bits per heavy atom. The molecule has 8 nitrogen and oxygen atoms in total. The Bertz CT molecular complexity index is 1140. The molecule has 1 aromatic heterocycles. The van der Waals surface area contributed by atoms with Crippen LogP contribution in [0.5, 0.6) is 0 Å². The summed E-state index contributed by atoms with van der Waals surface area (Å²) in [7, 11) is 0. The number of aromatic nitrogens is 3. The third-order valence-electron chi connectivity index (χ3n) is 6.05. The molecular formula is C26H32N6O2S. The molecule has 0 saturated carbocycles. The first-order valence-electron chi connectivity index (χ1n) is 12.2. The summed E-state index contributed by atoms with van der Waals surface area (Å²) in [6.07, 6.45) is 3.52. The van der Waals surface area contributed by atoms with Crippen LogP contribution >= 0.6 is 11.8 Å². The molecule has 2 amide bonds. The number of carbonyl (C=O) groups is 2. The molecule has 0 bridgehead atoms. The fourth-order valence-corrected chi connectivity index (χ4v) is 4.96. The zero-order valence-corrected chi connectivity index (χ0v) is 21.1. The highest BCUT2D eigenvalue weighted by Crippen LogP contribution is 2.28. The summed E-state index contributed by atoms with van der Waals surface area (Å²) in [6.45, 7) is 7.11. The van der Waals surface area contributed by atoms with Crippen LogP contribution in [0.3, 0.4) is 0 Å². The van der Waals surface area contributed by atoms with Gasteiger partial charge in [-0.3, -0.25) is 14.2 Å². The third-order valence-corrected chi connectivity index (χ3v) is 6.97. The molecule has 1 saturated heterocycles. The Hall–Kier alpha value is -3.33. The highest BCUT2D eigenvalue weighted by molar-refractivity contribution is 7.99. The number of rotatable bonds is 9. The number of nitrogens with zero attached hydrogens (tertiary/aromatic N) is 5. The van der Waals surface area contributed by atoms with Crippen molar-refractivity contribution in [3.8, 4) is 5.69 Å². The van der Waals surface area contributed by atoms with Crippen molar-refractivity contribution < 1.29 is 9.59 Å². The van der Waals surface area contributed by atoms with Crippen LogP contribution < -0.4 is 10.2 Å². The highest BCUT2D eigenvalue weighted by atomic mass is 32.2. The summed E-state index contributed by atoms with van der Waals surface area (Å²) in [5.41, 5.74) is 2.14. The number of nitrogens with one attached hydrogen (secondary N) is 1. The van der Waals surface area contributed by atoms with Crippen LogP contribution in [0.1, 0.15) is 43.5 Å². The van der Waals surface area contributed by atoms with Crippen LogP contribution in [0.25, 0.3) is 5.69 Å². The molecule has 9 heteroatoms. The van der Waals surface area contributed by atoms with E-state index in [4.69, 9.17) is 0 Å². The first-order chi connectivity index (χ1) is 17.1. The van der Waals surface area contributed by atoms with Crippen LogP contribution in [0.2, 0.25) is 0 Å². The van der Waals surface area contributed by atoms with Gasteiger partial charge >= 0.3 is 0 Å². The van der Waals surface area contributed by atoms with Gasteiger partial charge < -0.3 is 15.1 Å². The molecule has 1 fully saturated rings. The van der Waals surface area contributed by atoms with E-state index in [2.05, 4.69) is 20.4 Å². The van der Waals surface area contributed by atoms with Crippen LogP contribution in [-0.2, 0) is 4.79 Å². The van der Waals surface area contributed by atoms with E-state index in [0.717, 1.165) is 37.6 Å². The number of carbonyl (C=O) groups excluding carboxylic acids is 2. The highest BCUT2D eigenvalue weighted by Gasteiger charge is 2.22. The number of para-hydroxylation sites is 1. The molecular weight excluding hydrogens is 460 g/mol. The quantitative estimate of drug-likeness (QED) is 0.444. The maximum absolute atomic E-state index is 12.8. The molecule has 1 aliphatic heterocycles. The van der Waals surface area contributed by atoms with E-state index < -0.39 is 0 Å². The van der Waals surface area contributed by atoms with Gasteiger partial charge in [-0.25, -0.2) is 0 Å². The molecule has 0 radical (unpaired) electrons. The van der Waals surface area contributed by atoms with Gasteiger partial charge in [0, 0.05) is 37.4 Å². The van der Waals surface area contributed by atoms with Gasteiger partial charge in [0.15, 0.2) is 5.16 Å². The molecule has 0 spiro atoms. The van der Waals surface area contributed by atoms with Crippen LogP contribution in [0.4, 0.5) is 11.6 Å². The number of anilines is 2. The lowest BCUT2D eigenvalue weighted by Gasteiger charge is -2.27. The molecule has 1 aliphatic rings. The first kappa shape index (κ1) is 24.8. The zero-order chi connectivity index (χ0) is 24.6. The van der Waals surface area contributed by atoms with Crippen LogP contribution in [0.15, 0.2) is 59.8 Å². The van der Waals surface area contributed by atoms with Crippen molar-refractivity contribution in [1.29, 1.82) is 0 Å². The van der Waals surface area contributed by atoms with E-state index in [9.17, 15) is 9.59 Å². The Kier molecular flexibility index (Phi) is 8.41. The van der Waals surface area contributed by atoms with Crippen molar-refractivity contribution >= 4 is 35.2 Å². The standard InChI is InChI=1S/C26H32N6O2S/c1-3-30(4-2)24(34)20-12-11-13-21(18-20)27-23(33)19-35-26-29-28-25(31-16-9-6-10-17-31)32(26)22-14-7-5-8-15-22/h5,7-8,11-15,18H,3-4,6,9-10,16-17,19H2,1-2H3,(H,27,33). The van der Waals surface area contributed by atoms with Gasteiger partial charge in [-0.05, 0) is 63.4 Å². The molecule has 3 aromatic rings. The normalized spacial score (nSPS) is 13.5. The Labute approximate surface area is 210 Å². The van der Waals surface area contributed by atoms with Crippen molar-refractivity contribution in [3.63, 3.8) is 0 Å². The fraction of sp³-hybridized carbons (Fsp3) is 0.385. The number of thioether (sulfide) groups is 1. The number of hydrogen-bond donors (Lipinski definition) is 1. The second-order valence-corrected chi connectivity index (χ2v) is 9.34. The second kappa shape index (κ2) is 11.9. The van der Waals surface area contributed by atoms with E-state index in [-0.39, 0.29) is 17.6 Å². The predicted molar refractivity (Wildman–Crippen MR) is 140 cm³/mol. The Morgan fingerprint density at radius 1 is 0.971 bits per heavy atom. The van der Waals surface area contributed by atoms with Crippen molar-refractivity contribution in [3.05, 3.63) is 60.2 Å². The number of piperidine rings is 1. The SMILES string of the molecule is CCN(CC)C(=O)c1cccc(NC(=O)CSc2nnc(N3CCCCC3)n2-c2ccccc2)c1. The van der Waals surface area contributed by atoms with Crippen LogP contribution in [0, 0.1) is 0 Å². The van der Waals surface area contributed by atoms with Crippen molar-refractivity contribution in [2.24, 2.45) is 0 Å². The van der Waals surface area contributed by atoms with Gasteiger partial charge in [0.05, 0.1) is 11.4 Å². The maximum atomic E-state index is 12.8. The minimum atomic E-state index is -0.162. The van der Waals surface area contributed by atoms with Crippen molar-refractivity contribution in [2.45, 2.75) is 38.3 Å². The van der Waals surface area contributed by atoms with E-state index in [1.807, 2.05) is 48.7 Å². The summed E-state index contributed by atoms with van der Waals surface area (Å²) in [4.78, 5) is 29.4. The predicted octanol–water partition coefficient (Wildman–Crippen LogP) is 4.47. The molecule has 2 heterocycles. The molecule has 184 valence electrons. The lowest BCUT2D eigenvalue weighted by molar-refractivity contribution is -0.113. The van der Waals surface area contributed by atoms with Gasteiger partial charge in [0.25, 0.3) is 5.91 Å². The van der Waals surface area contributed by atoms with Gasteiger partial charge in [-0.15, -0.1) is 10.2 Å². The average Bonchev–Trinajstić information content (AvgIpc) is 3.33. The molecule has 4 rings (SSSR count). The summed E-state index contributed by atoms with van der Waals surface area (Å²) in [6, 6.07) is 17.1. The number of hydrogen-bond acceptors (Lipinski definition) is 6. The number of amides is 2. The van der Waals surface area contributed by atoms with E-state index >= 15 is 0 Å². The summed E-state index contributed by atoms with van der Waals surface area (Å²) in [5.74, 6) is 0.798. The Balaban J connectivity index is 1.46. The summed E-state index contributed by atoms with van der Waals surface area (Å²) < 4.78 is 2.03. The smallest absolute Gasteiger partial charge is 0.253 e. The second-order valence-electron chi connectivity index (χ2n) is 8.40. The first-order valence-corrected chi connectivity index (χ1v) is 13.2. The Morgan fingerprint density at radius 3 is 2.43 bits per heavy atom. The topological polar surface area (TPSA) is 83.4 Å². The minimum Gasteiger partial charge on any atom is -0.341 e. The zero-order valence-electron chi connectivity index (χ0n) is 20.3.